The lowest BCUT2D eigenvalue weighted by molar-refractivity contribution is -0.133. The molecule has 0 radical (unpaired) electrons. The smallest absolute Gasteiger partial charge is 0.409 e. The van der Waals surface area contributed by atoms with E-state index in [1.54, 1.807) is 12.3 Å². The van der Waals surface area contributed by atoms with E-state index < -0.39 is 0 Å². The summed E-state index contributed by atoms with van der Waals surface area (Å²) in [6.07, 6.45) is 13.7. The van der Waals surface area contributed by atoms with E-state index in [0.717, 1.165) is 38.9 Å². The second-order valence-electron chi connectivity index (χ2n) is 14.2. The highest BCUT2D eigenvalue weighted by Crippen LogP contribution is 2.78. The first-order valence-electron chi connectivity index (χ1n) is 15.6. The van der Waals surface area contributed by atoms with Crippen LogP contribution in [0, 0.1) is 28.6 Å². The van der Waals surface area contributed by atoms with Crippen molar-refractivity contribution in [3.63, 3.8) is 0 Å². The molecule has 1 aromatic rings. The van der Waals surface area contributed by atoms with Crippen molar-refractivity contribution in [2.45, 2.75) is 102 Å². The molecule has 1 spiro atoms. The van der Waals surface area contributed by atoms with Gasteiger partial charge in [-0.3, -0.25) is 4.90 Å². The predicted octanol–water partition coefficient (Wildman–Crippen LogP) is 5.43. The van der Waals surface area contributed by atoms with E-state index in [-0.39, 0.29) is 28.8 Å². The Morgan fingerprint density at radius 1 is 1.08 bits per heavy atom. The minimum absolute atomic E-state index is 0.0164. The van der Waals surface area contributed by atoms with Crippen LogP contribution >= 0.6 is 0 Å². The molecule has 2 aliphatic heterocycles. The predicted molar refractivity (Wildman–Crippen MR) is 148 cm³/mol. The van der Waals surface area contributed by atoms with Crippen LogP contribution in [0.4, 0.5) is 4.79 Å². The van der Waals surface area contributed by atoms with Gasteiger partial charge in [0.2, 0.25) is 0 Å². The Balaban J connectivity index is 1.02. The molecule has 0 unspecified atom stereocenters. The number of fused-ring (bicyclic) bond motifs is 3. The molecule has 4 aliphatic carbocycles. The molecule has 6 aliphatic rings. The Kier molecular flexibility index (Phi) is 6.24. The van der Waals surface area contributed by atoms with Crippen LogP contribution in [0.2, 0.25) is 0 Å². The Hall–Kier alpha value is -1.86. The maximum atomic E-state index is 12.9. The van der Waals surface area contributed by atoms with Gasteiger partial charge in [0.15, 0.2) is 0 Å². The summed E-state index contributed by atoms with van der Waals surface area (Å²) in [4.78, 5) is 28.8. The van der Waals surface area contributed by atoms with Gasteiger partial charge in [0.1, 0.15) is 12.2 Å². The molecule has 0 bridgehead atoms. The first-order valence-corrected chi connectivity index (χ1v) is 15.6. The van der Waals surface area contributed by atoms with Crippen LogP contribution in [0.5, 0.6) is 0 Å². The monoisotopic (exact) mass is 538 g/mol. The van der Waals surface area contributed by atoms with Crippen LogP contribution in [0.3, 0.4) is 0 Å². The third-order valence-electron chi connectivity index (χ3n) is 12.9. The lowest BCUT2D eigenvalue weighted by Gasteiger charge is -2.61. The summed E-state index contributed by atoms with van der Waals surface area (Å²) in [6, 6.07) is 3.84. The molecule has 214 valence electrons. The molecule has 1 aromatic heterocycles. The average molecular weight is 539 g/mol. The lowest BCUT2D eigenvalue weighted by Crippen LogP contribution is -2.59. The van der Waals surface area contributed by atoms with Crippen molar-refractivity contribution in [2.24, 2.45) is 28.6 Å². The maximum absolute atomic E-state index is 12.9. The van der Waals surface area contributed by atoms with E-state index in [4.69, 9.17) is 13.9 Å². The van der Waals surface area contributed by atoms with Gasteiger partial charge < -0.3 is 18.8 Å². The van der Waals surface area contributed by atoms with Gasteiger partial charge in [-0.25, -0.2) is 9.59 Å². The first-order chi connectivity index (χ1) is 18.8. The van der Waals surface area contributed by atoms with Gasteiger partial charge in [-0.2, -0.15) is 0 Å². The zero-order valence-corrected chi connectivity index (χ0v) is 24.0. The van der Waals surface area contributed by atoms with Crippen LogP contribution < -0.4 is 5.63 Å². The number of ether oxygens (including phenoxy) is 2. The molecule has 3 heterocycles. The SMILES string of the molecule is CN(C(=O)OCCN1CCCC1)[C@H]1CC[C@@]2(C)[C@H](CC[C@@H]3[C@@H]2CC[C@]2(C)[C@@H](c4ccc(=O)oc4)C[C@H]4O[C@]342)C1. The van der Waals surface area contributed by atoms with Crippen LogP contribution in [-0.4, -0.2) is 66.9 Å². The van der Waals surface area contributed by atoms with Crippen molar-refractivity contribution in [3.8, 4) is 0 Å². The second-order valence-corrected chi connectivity index (χ2v) is 14.2. The van der Waals surface area contributed by atoms with Crippen LogP contribution in [-0.2, 0) is 9.47 Å². The topological polar surface area (TPSA) is 75.5 Å². The Labute approximate surface area is 232 Å². The van der Waals surface area contributed by atoms with Crippen molar-refractivity contribution in [3.05, 3.63) is 34.4 Å². The quantitative estimate of drug-likeness (QED) is 0.466. The van der Waals surface area contributed by atoms with Crippen molar-refractivity contribution >= 4 is 6.09 Å². The van der Waals surface area contributed by atoms with E-state index in [0.29, 0.717) is 41.8 Å². The molecule has 39 heavy (non-hydrogen) atoms. The fourth-order valence-electron chi connectivity index (χ4n) is 10.6. The van der Waals surface area contributed by atoms with Crippen LogP contribution in [0.25, 0.3) is 0 Å². The molecular weight excluding hydrogens is 492 g/mol. The number of rotatable bonds is 5. The number of carbonyl (C=O) groups is 1. The summed E-state index contributed by atoms with van der Waals surface area (Å²) in [7, 11) is 1.95. The molecule has 6 fully saturated rings. The minimum Gasteiger partial charge on any atom is -0.448 e. The van der Waals surface area contributed by atoms with Crippen LogP contribution in [0.15, 0.2) is 27.6 Å². The Bertz CT molecular complexity index is 1140. The summed E-state index contributed by atoms with van der Waals surface area (Å²) in [5, 5.41) is 0. The minimum atomic E-state index is -0.274. The van der Waals surface area contributed by atoms with Crippen molar-refractivity contribution in [2.75, 3.05) is 33.3 Å². The standard InChI is InChI=1S/C32H46N2O5/c1-30-12-10-23(33(3)29(36)37-17-16-34-14-4-5-15-34)18-22(30)7-8-25-24(30)11-13-31(2)26(19-27-32(25,31)39-27)21-6-9-28(35)38-20-21/h6,9,20,22-27H,4-5,7-8,10-19H2,1-3H3/t22-,23+,24+,25-,26-,27-,30+,31-,32-/m1/s1. The number of epoxide rings is 1. The van der Waals surface area contributed by atoms with Gasteiger partial charge >= 0.3 is 11.7 Å². The highest BCUT2D eigenvalue weighted by Gasteiger charge is 2.80. The molecule has 7 rings (SSSR count). The van der Waals surface area contributed by atoms with E-state index in [9.17, 15) is 9.59 Å². The number of amides is 1. The highest BCUT2D eigenvalue weighted by atomic mass is 16.6. The summed E-state index contributed by atoms with van der Waals surface area (Å²) in [6.45, 7) is 8.65. The average Bonchev–Trinajstić information content (AvgIpc) is 3.28. The maximum Gasteiger partial charge on any atom is 0.409 e. The third-order valence-corrected chi connectivity index (χ3v) is 12.9. The number of hydrogen-bond donors (Lipinski definition) is 0. The second kappa shape index (κ2) is 9.34. The van der Waals surface area contributed by atoms with Crippen molar-refractivity contribution in [1.82, 2.24) is 9.80 Å². The molecule has 0 aromatic carbocycles. The number of nitrogens with zero attached hydrogens (tertiary/aromatic N) is 2. The van der Waals surface area contributed by atoms with Gasteiger partial charge in [-0.1, -0.05) is 13.8 Å². The van der Waals surface area contributed by atoms with Crippen molar-refractivity contribution in [1.29, 1.82) is 0 Å². The summed E-state index contributed by atoms with van der Waals surface area (Å²) in [5.74, 6) is 2.33. The van der Waals surface area contributed by atoms with Gasteiger partial charge in [0.25, 0.3) is 0 Å². The van der Waals surface area contributed by atoms with E-state index in [1.165, 1.54) is 50.5 Å². The zero-order chi connectivity index (χ0) is 27.0. The summed E-state index contributed by atoms with van der Waals surface area (Å²) >= 11 is 0. The lowest BCUT2D eigenvalue weighted by atomic mass is 9.44. The van der Waals surface area contributed by atoms with Gasteiger partial charge in [-0.05, 0) is 118 Å². The number of carbonyl (C=O) groups excluding carboxylic acids is 1. The molecule has 1 amide bonds. The van der Waals surface area contributed by atoms with Gasteiger partial charge in [0, 0.05) is 31.1 Å². The molecule has 2 saturated heterocycles. The fourth-order valence-corrected chi connectivity index (χ4v) is 10.6. The van der Waals surface area contributed by atoms with E-state index in [2.05, 4.69) is 18.7 Å². The highest BCUT2D eigenvalue weighted by molar-refractivity contribution is 5.67. The normalized spacial score (nSPS) is 44.6. The summed E-state index contributed by atoms with van der Waals surface area (Å²) < 4.78 is 17.7. The van der Waals surface area contributed by atoms with Crippen LogP contribution in [0.1, 0.15) is 89.5 Å². The number of hydrogen-bond acceptors (Lipinski definition) is 6. The molecule has 0 N–H and O–H groups in total. The molecular formula is C32H46N2O5. The third kappa shape index (κ3) is 3.88. The van der Waals surface area contributed by atoms with Gasteiger partial charge in [0.05, 0.1) is 12.4 Å². The van der Waals surface area contributed by atoms with Gasteiger partial charge in [-0.15, -0.1) is 0 Å². The Morgan fingerprint density at radius 3 is 2.67 bits per heavy atom. The zero-order valence-electron chi connectivity index (χ0n) is 24.0. The Morgan fingerprint density at radius 2 is 1.90 bits per heavy atom. The number of likely N-dealkylation sites (tertiary alicyclic amines) is 1. The fraction of sp³-hybridized carbons (Fsp3) is 0.812. The molecule has 7 heteroatoms. The van der Waals surface area contributed by atoms with E-state index in [1.807, 2.05) is 18.0 Å². The largest absolute Gasteiger partial charge is 0.448 e. The molecule has 4 saturated carbocycles. The molecule has 7 nitrogen and oxygen atoms in total. The summed E-state index contributed by atoms with van der Waals surface area (Å²) in [5.41, 5.74) is 1.28. The van der Waals surface area contributed by atoms with E-state index >= 15 is 0 Å². The molecule has 9 atom stereocenters. The van der Waals surface area contributed by atoms with Crippen molar-refractivity contribution < 1.29 is 18.7 Å². The first kappa shape index (κ1) is 26.1.